The van der Waals surface area contributed by atoms with Gasteiger partial charge >= 0.3 is 5.97 Å². The molecule has 4 atom stereocenters. The predicted octanol–water partition coefficient (Wildman–Crippen LogP) is 2.39. The van der Waals surface area contributed by atoms with Crippen molar-refractivity contribution in [2.75, 3.05) is 13.7 Å². The van der Waals surface area contributed by atoms with Crippen molar-refractivity contribution >= 4 is 5.97 Å². The molecule has 7 heteroatoms. The van der Waals surface area contributed by atoms with Crippen LogP contribution in [0.15, 0.2) is 36.5 Å². The second-order valence-corrected chi connectivity index (χ2v) is 6.88. The number of aliphatic hydroxyl groups is 2. The second kappa shape index (κ2) is 9.36. The van der Waals surface area contributed by atoms with Crippen LogP contribution in [0.1, 0.15) is 24.8 Å². The summed E-state index contributed by atoms with van der Waals surface area (Å²) in [7, 11) is 1.56. The van der Waals surface area contributed by atoms with Crippen molar-refractivity contribution in [3.8, 4) is 5.75 Å². The number of nitrogens with zero attached hydrogens (tertiary/aromatic N) is 2. The molecule has 148 valence electrons. The van der Waals surface area contributed by atoms with Crippen LogP contribution in [0.4, 0.5) is 0 Å². The first kappa shape index (κ1) is 21.4. The van der Waals surface area contributed by atoms with Crippen molar-refractivity contribution in [3.05, 3.63) is 64.9 Å². The van der Waals surface area contributed by atoms with E-state index in [-0.39, 0.29) is 18.5 Å². The van der Waals surface area contributed by atoms with Crippen LogP contribution in [0.25, 0.3) is 9.69 Å². The van der Waals surface area contributed by atoms with Gasteiger partial charge in [0.05, 0.1) is 25.7 Å². The Labute approximate surface area is 164 Å². The zero-order valence-corrected chi connectivity index (χ0v) is 15.8. The zero-order valence-electron chi connectivity index (χ0n) is 15.8. The van der Waals surface area contributed by atoms with Gasteiger partial charge in [-0.3, -0.25) is 0 Å². The fourth-order valence-corrected chi connectivity index (χ4v) is 3.76. The molecule has 0 aromatic heterocycles. The molecular weight excluding hydrogens is 360 g/mol. The standard InChI is InChI=1S/C21H24N2O5/c1-14(22-2)21(23-3,12-15-5-8-17(27-4)9-6-15)18-11-16(25)7-10-19(18)28-20(26)13-24/h5-6,8-9,16,18-19,24-25H,1,7,10-13H2,4H3. The average molecular weight is 384 g/mol. The molecule has 1 aromatic carbocycles. The van der Waals surface area contributed by atoms with Gasteiger partial charge in [0.2, 0.25) is 5.70 Å². The smallest absolute Gasteiger partial charge is 0.332 e. The fraction of sp³-hybridized carbons (Fsp3) is 0.476. The highest BCUT2D eigenvalue weighted by atomic mass is 16.6. The van der Waals surface area contributed by atoms with Gasteiger partial charge in [-0.1, -0.05) is 18.7 Å². The van der Waals surface area contributed by atoms with E-state index in [1.807, 2.05) is 12.1 Å². The maximum Gasteiger partial charge on any atom is 0.332 e. The molecule has 1 aromatic rings. The minimum Gasteiger partial charge on any atom is -0.497 e. The number of benzene rings is 1. The van der Waals surface area contributed by atoms with Gasteiger partial charge in [0.1, 0.15) is 18.5 Å². The number of carbonyl (C=O) groups excluding carboxylic acids is 1. The van der Waals surface area contributed by atoms with Crippen molar-refractivity contribution < 1.29 is 24.5 Å². The van der Waals surface area contributed by atoms with E-state index < -0.39 is 36.2 Å². The summed E-state index contributed by atoms with van der Waals surface area (Å²) in [5.41, 5.74) is -0.519. The van der Waals surface area contributed by atoms with E-state index in [4.69, 9.17) is 27.7 Å². The van der Waals surface area contributed by atoms with Crippen molar-refractivity contribution in [2.24, 2.45) is 5.92 Å². The lowest BCUT2D eigenvalue weighted by Crippen LogP contribution is -2.50. The quantitative estimate of drug-likeness (QED) is 0.557. The first-order valence-electron chi connectivity index (χ1n) is 8.97. The van der Waals surface area contributed by atoms with Gasteiger partial charge in [-0.25, -0.2) is 16.2 Å². The molecule has 1 fully saturated rings. The van der Waals surface area contributed by atoms with Crippen LogP contribution in [-0.2, 0) is 16.0 Å². The van der Waals surface area contributed by atoms with Gasteiger partial charge in [-0.2, -0.15) is 0 Å². The molecule has 4 unspecified atom stereocenters. The highest BCUT2D eigenvalue weighted by Crippen LogP contribution is 2.44. The topological polar surface area (TPSA) is 84.7 Å². The first-order valence-corrected chi connectivity index (χ1v) is 8.97. The third-order valence-corrected chi connectivity index (χ3v) is 5.25. The number of rotatable bonds is 7. The number of aliphatic hydroxyl groups excluding tert-OH is 2. The maximum absolute atomic E-state index is 11.7. The summed E-state index contributed by atoms with van der Waals surface area (Å²) >= 11 is 0. The molecule has 0 aliphatic heterocycles. The van der Waals surface area contributed by atoms with E-state index in [2.05, 4.69) is 16.3 Å². The molecule has 0 saturated heterocycles. The van der Waals surface area contributed by atoms with Gasteiger partial charge in [0.25, 0.3) is 5.54 Å². The van der Waals surface area contributed by atoms with Crippen LogP contribution in [0.3, 0.4) is 0 Å². The van der Waals surface area contributed by atoms with Crippen molar-refractivity contribution in [1.82, 2.24) is 0 Å². The monoisotopic (exact) mass is 384 g/mol. The van der Waals surface area contributed by atoms with Gasteiger partial charge in [-0.05, 0) is 37.0 Å². The summed E-state index contributed by atoms with van der Waals surface area (Å²) < 4.78 is 10.5. The Morgan fingerprint density at radius 1 is 1.32 bits per heavy atom. The van der Waals surface area contributed by atoms with Crippen LogP contribution >= 0.6 is 0 Å². The van der Waals surface area contributed by atoms with Crippen molar-refractivity contribution in [2.45, 2.75) is 43.4 Å². The van der Waals surface area contributed by atoms with Gasteiger partial charge < -0.3 is 24.5 Å². The lowest BCUT2D eigenvalue weighted by atomic mass is 9.68. The molecular formula is C21H24N2O5. The normalized spacial score (nSPS) is 23.5. The largest absolute Gasteiger partial charge is 0.497 e. The average Bonchev–Trinajstić information content (AvgIpc) is 2.73. The second-order valence-electron chi connectivity index (χ2n) is 6.88. The predicted molar refractivity (Wildman–Crippen MR) is 102 cm³/mol. The third-order valence-electron chi connectivity index (χ3n) is 5.25. The summed E-state index contributed by atoms with van der Waals surface area (Å²) in [6, 6.07) is 7.15. The molecule has 2 N–H and O–H groups in total. The summed E-state index contributed by atoms with van der Waals surface area (Å²) in [5.74, 6) is -0.736. The van der Waals surface area contributed by atoms with Gasteiger partial charge in [0, 0.05) is 6.42 Å². The third kappa shape index (κ3) is 4.51. The molecule has 0 amide bonds. The lowest BCUT2D eigenvalue weighted by Gasteiger charge is -2.39. The molecule has 2 rings (SSSR count). The lowest BCUT2D eigenvalue weighted by molar-refractivity contribution is -0.160. The Hall–Kier alpha value is -2.87. The van der Waals surface area contributed by atoms with Crippen molar-refractivity contribution in [1.29, 1.82) is 0 Å². The highest BCUT2D eigenvalue weighted by molar-refractivity contribution is 5.70. The molecule has 0 spiro atoms. The maximum atomic E-state index is 11.7. The summed E-state index contributed by atoms with van der Waals surface area (Å²) in [4.78, 5) is 18.9. The van der Waals surface area contributed by atoms with E-state index in [0.717, 1.165) is 5.56 Å². The summed E-state index contributed by atoms with van der Waals surface area (Å²) in [5, 5.41) is 19.3. The van der Waals surface area contributed by atoms with E-state index in [1.165, 1.54) is 0 Å². The van der Waals surface area contributed by atoms with Crippen LogP contribution < -0.4 is 4.74 Å². The van der Waals surface area contributed by atoms with Crippen molar-refractivity contribution in [3.63, 3.8) is 0 Å². The Balaban J connectivity index is 2.45. The number of methoxy groups -OCH3 is 1. The Morgan fingerprint density at radius 3 is 2.54 bits per heavy atom. The Bertz CT molecular complexity index is 792. The molecule has 1 aliphatic carbocycles. The molecule has 28 heavy (non-hydrogen) atoms. The molecule has 0 bridgehead atoms. The van der Waals surface area contributed by atoms with E-state index >= 15 is 0 Å². The number of carbonyl (C=O) groups is 1. The minimum atomic E-state index is -1.36. The molecule has 1 saturated carbocycles. The zero-order chi connectivity index (χ0) is 20.7. The number of hydrogen-bond donors (Lipinski definition) is 2. The molecule has 1 aliphatic rings. The minimum absolute atomic E-state index is 0.0439. The van der Waals surface area contributed by atoms with E-state index in [0.29, 0.717) is 18.6 Å². The van der Waals surface area contributed by atoms with Crippen LogP contribution in [0.5, 0.6) is 5.75 Å². The van der Waals surface area contributed by atoms with Gasteiger partial charge in [-0.15, -0.1) is 0 Å². The highest BCUT2D eigenvalue weighted by Gasteiger charge is 2.55. The summed E-state index contributed by atoms with van der Waals surface area (Å²) in [6.45, 7) is 18.4. The Kier molecular flexibility index (Phi) is 7.17. The molecule has 7 nitrogen and oxygen atoms in total. The molecule has 0 heterocycles. The number of esters is 1. The van der Waals surface area contributed by atoms with E-state index in [1.54, 1.807) is 19.2 Å². The SMILES string of the molecule is [C-]#[N+]C(=C)C(Cc1ccc(OC)cc1)([N+]#[C-])C1CC(O)CCC1OC(=O)CO. The van der Waals surface area contributed by atoms with Crippen LogP contribution in [-0.4, -0.2) is 47.6 Å². The van der Waals surface area contributed by atoms with Crippen LogP contribution in [0, 0.1) is 19.1 Å². The fourth-order valence-electron chi connectivity index (χ4n) is 3.76. The van der Waals surface area contributed by atoms with Crippen LogP contribution in [0.2, 0.25) is 0 Å². The Morgan fingerprint density at radius 2 is 2.00 bits per heavy atom. The van der Waals surface area contributed by atoms with E-state index in [9.17, 15) is 9.90 Å². The molecule has 0 radical (unpaired) electrons. The van der Waals surface area contributed by atoms with Gasteiger partial charge in [0.15, 0.2) is 0 Å². The number of ether oxygens (including phenoxy) is 2. The summed E-state index contributed by atoms with van der Waals surface area (Å²) in [6.07, 6.45) is -0.189. The number of hydrogen-bond acceptors (Lipinski definition) is 5. The first-order chi connectivity index (χ1) is 13.4.